The molecule has 0 aromatic heterocycles. The Morgan fingerprint density at radius 1 is 1.25 bits per heavy atom. The summed E-state index contributed by atoms with van der Waals surface area (Å²) >= 11 is 5.89. The van der Waals surface area contributed by atoms with Crippen LogP contribution in [0.25, 0.3) is 0 Å². The van der Waals surface area contributed by atoms with E-state index >= 15 is 0 Å². The third kappa shape index (κ3) is 3.56. The van der Waals surface area contributed by atoms with Gasteiger partial charge in [0.25, 0.3) is 0 Å². The van der Waals surface area contributed by atoms with Gasteiger partial charge in [-0.15, -0.1) is 11.6 Å². The Bertz CT molecular complexity index is 674. The zero-order valence-electron chi connectivity index (χ0n) is 13.6. The fourth-order valence-electron chi connectivity index (χ4n) is 2.46. The first kappa shape index (κ1) is 17.9. The monoisotopic (exact) mass is 354 g/mol. The normalized spacial score (nSPS) is 17.0. The van der Waals surface area contributed by atoms with Crippen molar-refractivity contribution in [2.45, 2.75) is 13.0 Å². The molecule has 1 heterocycles. The zero-order chi connectivity index (χ0) is 17.7. The molecule has 2 rings (SSSR count). The van der Waals surface area contributed by atoms with Gasteiger partial charge in [-0.2, -0.15) is 0 Å². The lowest BCUT2D eigenvalue weighted by Crippen LogP contribution is -2.46. The van der Waals surface area contributed by atoms with Crippen LogP contribution in [0.1, 0.15) is 18.5 Å². The molecule has 1 atom stereocenters. The van der Waals surface area contributed by atoms with Crippen LogP contribution in [0.15, 0.2) is 29.5 Å². The summed E-state index contributed by atoms with van der Waals surface area (Å²) in [5.74, 6) is 0.463. The van der Waals surface area contributed by atoms with Crippen LogP contribution < -0.4 is 20.1 Å². The molecule has 130 valence electrons. The van der Waals surface area contributed by atoms with Crippen LogP contribution in [-0.4, -0.2) is 38.7 Å². The van der Waals surface area contributed by atoms with Crippen LogP contribution in [0.4, 0.5) is 4.79 Å². The number of benzene rings is 1. The number of halogens is 1. The number of nitrogens with one attached hydrogen (secondary N) is 2. The van der Waals surface area contributed by atoms with Gasteiger partial charge in [-0.1, -0.05) is 6.07 Å². The smallest absolute Gasteiger partial charge is 0.338 e. The molecular formula is C16H19ClN2O5. The van der Waals surface area contributed by atoms with E-state index in [4.69, 9.17) is 25.8 Å². The van der Waals surface area contributed by atoms with Gasteiger partial charge >= 0.3 is 12.0 Å². The number of carbonyl (C=O) groups excluding carboxylic acids is 2. The molecule has 0 radical (unpaired) electrons. The van der Waals surface area contributed by atoms with Crippen molar-refractivity contribution in [2.75, 3.05) is 26.7 Å². The van der Waals surface area contributed by atoms with E-state index < -0.39 is 18.0 Å². The largest absolute Gasteiger partial charge is 0.493 e. The van der Waals surface area contributed by atoms with Crippen molar-refractivity contribution in [3.8, 4) is 11.5 Å². The quantitative estimate of drug-likeness (QED) is 0.603. The minimum atomic E-state index is -0.702. The zero-order valence-corrected chi connectivity index (χ0v) is 14.4. The number of esters is 1. The molecule has 0 saturated heterocycles. The molecule has 0 unspecified atom stereocenters. The van der Waals surface area contributed by atoms with E-state index in [0.717, 1.165) is 0 Å². The van der Waals surface area contributed by atoms with Crippen molar-refractivity contribution in [2.24, 2.45) is 0 Å². The molecule has 2 N–H and O–H groups in total. The van der Waals surface area contributed by atoms with Gasteiger partial charge in [0, 0.05) is 5.70 Å². The minimum Gasteiger partial charge on any atom is -0.493 e. The molecule has 24 heavy (non-hydrogen) atoms. The fraction of sp³-hybridized carbons (Fsp3) is 0.375. The highest BCUT2D eigenvalue weighted by molar-refractivity contribution is 6.20. The number of carbonyl (C=O) groups is 2. The summed E-state index contributed by atoms with van der Waals surface area (Å²) in [4.78, 5) is 24.2. The number of alkyl halides is 1. The molecule has 0 bridgehead atoms. The number of rotatable bonds is 6. The molecule has 0 fully saturated rings. The SMILES string of the molecule is CCOC(=O)C1=C(CCl)NC(=O)N[C@H]1c1ccc(OC)c(OC)c1. The summed E-state index contributed by atoms with van der Waals surface area (Å²) in [6.45, 7) is 1.92. The van der Waals surface area contributed by atoms with Gasteiger partial charge in [0.2, 0.25) is 0 Å². The number of hydrogen-bond donors (Lipinski definition) is 2. The molecule has 1 aromatic carbocycles. The van der Waals surface area contributed by atoms with E-state index in [2.05, 4.69) is 10.6 Å². The van der Waals surface area contributed by atoms with Crippen molar-refractivity contribution in [1.82, 2.24) is 10.6 Å². The van der Waals surface area contributed by atoms with Crippen molar-refractivity contribution < 1.29 is 23.8 Å². The second-order valence-corrected chi connectivity index (χ2v) is 5.16. The van der Waals surface area contributed by atoms with Gasteiger partial charge in [0.15, 0.2) is 11.5 Å². The number of methoxy groups -OCH3 is 2. The fourth-order valence-corrected chi connectivity index (χ4v) is 2.67. The summed E-state index contributed by atoms with van der Waals surface area (Å²) in [6.07, 6.45) is 0. The second-order valence-electron chi connectivity index (χ2n) is 4.89. The number of amides is 2. The molecule has 2 amide bonds. The van der Waals surface area contributed by atoms with E-state index in [1.165, 1.54) is 14.2 Å². The molecule has 0 aliphatic carbocycles. The maximum atomic E-state index is 12.3. The highest BCUT2D eigenvalue weighted by Crippen LogP contribution is 2.34. The van der Waals surface area contributed by atoms with Gasteiger partial charge in [-0.3, -0.25) is 0 Å². The highest BCUT2D eigenvalue weighted by atomic mass is 35.5. The average molecular weight is 355 g/mol. The second kappa shape index (κ2) is 7.92. The van der Waals surface area contributed by atoms with Crippen molar-refractivity contribution >= 4 is 23.6 Å². The molecular weight excluding hydrogens is 336 g/mol. The van der Waals surface area contributed by atoms with Crippen LogP contribution in [-0.2, 0) is 9.53 Å². The highest BCUT2D eigenvalue weighted by Gasteiger charge is 2.33. The Labute approximate surface area is 144 Å². The van der Waals surface area contributed by atoms with Crippen LogP contribution >= 0.6 is 11.6 Å². The van der Waals surface area contributed by atoms with E-state index in [-0.39, 0.29) is 18.1 Å². The lowest BCUT2D eigenvalue weighted by molar-refractivity contribution is -0.139. The van der Waals surface area contributed by atoms with Crippen molar-refractivity contribution in [3.63, 3.8) is 0 Å². The van der Waals surface area contributed by atoms with Gasteiger partial charge in [-0.05, 0) is 24.6 Å². The topological polar surface area (TPSA) is 85.9 Å². The summed E-state index contributed by atoms with van der Waals surface area (Å²) < 4.78 is 15.6. The third-order valence-electron chi connectivity index (χ3n) is 3.52. The number of hydrogen-bond acceptors (Lipinski definition) is 5. The molecule has 1 aliphatic heterocycles. The predicted molar refractivity (Wildman–Crippen MR) is 88.3 cm³/mol. The summed E-state index contributed by atoms with van der Waals surface area (Å²) in [5, 5.41) is 5.26. The standard InChI is InChI=1S/C16H19ClN2O5/c1-4-24-15(20)13-10(8-17)18-16(21)19-14(13)9-5-6-11(22-2)12(7-9)23-3/h5-7,14H,4,8H2,1-3H3,(H2,18,19,21)/t14-/m0/s1. The van der Waals surface area contributed by atoms with E-state index in [0.29, 0.717) is 22.8 Å². The van der Waals surface area contributed by atoms with Crippen LogP contribution in [0.3, 0.4) is 0 Å². The minimum absolute atomic E-state index is 0.0225. The number of urea groups is 1. The van der Waals surface area contributed by atoms with Gasteiger partial charge in [-0.25, -0.2) is 9.59 Å². The summed E-state index contributed by atoms with van der Waals surface area (Å²) in [7, 11) is 3.04. The van der Waals surface area contributed by atoms with Crippen LogP contribution in [0, 0.1) is 0 Å². The van der Waals surface area contributed by atoms with E-state index in [9.17, 15) is 9.59 Å². The Hall–Kier alpha value is -2.41. The average Bonchev–Trinajstić information content (AvgIpc) is 2.60. The lowest BCUT2D eigenvalue weighted by Gasteiger charge is -2.29. The molecule has 0 spiro atoms. The molecule has 1 aromatic rings. The molecule has 1 aliphatic rings. The first-order valence-corrected chi connectivity index (χ1v) is 7.84. The molecule has 7 nitrogen and oxygen atoms in total. The Morgan fingerprint density at radius 3 is 2.54 bits per heavy atom. The van der Waals surface area contributed by atoms with Gasteiger partial charge in [0.05, 0.1) is 38.3 Å². The first-order valence-electron chi connectivity index (χ1n) is 7.31. The predicted octanol–water partition coefficient (Wildman–Crippen LogP) is 2.11. The summed E-state index contributed by atoms with van der Waals surface area (Å²) in [5.41, 5.74) is 1.23. The maximum absolute atomic E-state index is 12.3. The van der Waals surface area contributed by atoms with Gasteiger partial charge in [0.1, 0.15) is 0 Å². The van der Waals surface area contributed by atoms with E-state index in [1.54, 1.807) is 25.1 Å². The number of ether oxygens (including phenoxy) is 3. The molecule has 8 heteroatoms. The molecule has 0 saturated carbocycles. The first-order chi connectivity index (χ1) is 11.5. The Balaban J connectivity index is 2.52. The maximum Gasteiger partial charge on any atom is 0.338 e. The van der Waals surface area contributed by atoms with Crippen LogP contribution in [0.2, 0.25) is 0 Å². The van der Waals surface area contributed by atoms with Crippen molar-refractivity contribution in [3.05, 3.63) is 35.0 Å². The van der Waals surface area contributed by atoms with E-state index in [1.807, 2.05) is 0 Å². The number of allylic oxidation sites excluding steroid dienone is 1. The van der Waals surface area contributed by atoms with Gasteiger partial charge < -0.3 is 24.8 Å². The lowest BCUT2D eigenvalue weighted by atomic mass is 9.95. The summed E-state index contributed by atoms with van der Waals surface area (Å²) in [6, 6.07) is 3.99. The van der Waals surface area contributed by atoms with Crippen molar-refractivity contribution in [1.29, 1.82) is 0 Å². The Kier molecular flexibility index (Phi) is 5.92. The third-order valence-corrected chi connectivity index (χ3v) is 3.79. The Morgan fingerprint density at radius 2 is 1.96 bits per heavy atom. The van der Waals surface area contributed by atoms with Crippen LogP contribution in [0.5, 0.6) is 11.5 Å².